The van der Waals surface area contributed by atoms with Crippen molar-refractivity contribution in [3.8, 4) is 0 Å². The Morgan fingerprint density at radius 1 is 1.40 bits per heavy atom. The summed E-state index contributed by atoms with van der Waals surface area (Å²) in [5.74, 6) is 0.262. The molecule has 6 nitrogen and oxygen atoms in total. The number of nitrogens with zero attached hydrogens (tertiary/aromatic N) is 4. The first-order valence-corrected chi connectivity index (χ1v) is 7.24. The maximum Gasteiger partial charge on any atom is 0.223 e. The highest BCUT2D eigenvalue weighted by atomic mass is 16.1. The monoisotopic (exact) mass is 281 g/mol. The molecule has 0 aliphatic heterocycles. The van der Waals surface area contributed by atoms with Gasteiger partial charge in [-0.15, -0.1) is 5.10 Å². The third-order valence-electron chi connectivity index (χ3n) is 3.19. The van der Waals surface area contributed by atoms with Gasteiger partial charge < -0.3 is 10.6 Å². The second-order valence-corrected chi connectivity index (χ2v) is 5.94. The molecule has 0 fully saturated rings. The SMILES string of the molecule is CC(C)CCc1c(CC(N)=O)nnn1CCCN(C)C. The maximum absolute atomic E-state index is 11.1. The molecule has 1 rings (SSSR count). The highest BCUT2D eigenvalue weighted by molar-refractivity contribution is 5.76. The fourth-order valence-electron chi connectivity index (χ4n) is 2.09. The quantitative estimate of drug-likeness (QED) is 0.728. The van der Waals surface area contributed by atoms with Crippen molar-refractivity contribution in [2.75, 3.05) is 20.6 Å². The smallest absolute Gasteiger partial charge is 0.223 e. The van der Waals surface area contributed by atoms with Gasteiger partial charge in [0.25, 0.3) is 0 Å². The van der Waals surface area contributed by atoms with Gasteiger partial charge >= 0.3 is 0 Å². The van der Waals surface area contributed by atoms with Crippen molar-refractivity contribution in [3.63, 3.8) is 0 Å². The Bertz CT molecular complexity index is 425. The summed E-state index contributed by atoms with van der Waals surface area (Å²) in [7, 11) is 4.11. The molecule has 1 aromatic heterocycles. The van der Waals surface area contributed by atoms with E-state index in [1.165, 1.54) is 0 Å². The van der Waals surface area contributed by atoms with Crippen LogP contribution in [0.15, 0.2) is 0 Å². The topological polar surface area (TPSA) is 77.0 Å². The molecule has 0 unspecified atom stereocenters. The van der Waals surface area contributed by atoms with Crippen LogP contribution in [0.4, 0.5) is 0 Å². The van der Waals surface area contributed by atoms with Crippen LogP contribution in [0.5, 0.6) is 0 Å². The standard InChI is InChI=1S/C14H27N5O/c1-11(2)6-7-13-12(10-14(15)20)16-17-19(13)9-5-8-18(3)4/h11H,5-10H2,1-4H3,(H2,15,20). The molecule has 0 radical (unpaired) electrons. The van der Waals surface area contributed by atoms with Crippen LogP contribution in [0.2, 0.25) is 0 Å². The molecule has 0 aromatic carbocycles. The molecule has 0 aliphatic rings. The van der Waals surface area contributed by atoms with Crippen molar-refractivity contribution in [3.05, 3.63) is 11.4 Å². The fraction of sp³-hybridized carbons (Fsp3) is 0.786. The summed E-state index contributed by atoms with van der Waals surface area (Å²) >= 11 is 0. The van der Waals surface area contributed by atoms with E-state index in [9.17, 15) is 4.79 Å². The summed E-state index contributed by atoms with van der Waals surface area (Å²) in [4.78, 5) is 13.3. The van der Waals surface area contributed by atoms with Crippen molar-refractivity contribution < 1.29 is 4.79 Å². The molecule has 1 aromatic rings. The number of carbonyl (C=O) groups is 1. The molecule has 1 heterocycles. The average Bonchev–Trinajstić information content (AvgIpc) is 2.68. The molecule has 0 bridgehead atoms. The molecule has 0 saturated carbocycles. The van der Waals surface area contributed by atoms with Crippen LogP contribution >= 0.6 is 0 Å². The van der Waals surface area contributed by atoms with Crippen LogP contribution in [-0.2, 0) is 24.2 Å². The van der Waals surface area contributed by atoms with Crippen molar-refractivity contribution in [1.82, 2.24) is 19.9 Å². The van der Waals surface area contributed by atoms with E-state index in [2.05, 4.69) is 43.2 Å². The van der Waals surface area contributed by atoms with Crippen molar-refractivity contribution >= 4 is 5.91 Å². The predicted octanol–water partition coefficient (Wildman–Crippen LogP) is 0.846. The predicted molar refractivity (Wildman–Crippen MR) is 79.3 cm³/mol. The van der Waals surface area contributed by atoms with Crippen LogP contribution in [0.3, 0.4) is 0 Å². The zero-order valence-electron chi connectivity index (χ0n) is 13.1. The summed E-state index contributed by atoms with van der Waals surface area (Å²) in [6, 6.07) is 0. The molecule has 114 valence electrons. The van der Waals surface area contributed by atoms with E-state index < -0.39 is 0 Å². The summed E-state index contributed by atoms with van der Waals surface area (Å²) in [6.07, 6.45) is 3.16. The lowest BCUT2D eigenvalue weighted by atomic mass is 10.0. The number of carbonyl (C=O) groups excluding carboxylic acids is 1. The minimum atomic E-state index is -0.351. The van der Waals surface area contributed by atoms with Crippen molar-refractivity contribution in [2.24, 2.45) is 11.7 Å². The Labute approximate surface area is 121 Å². The van der Waals surface area contributed by atoms with Crippen LogP contribution in [0.1, 0.15) is 38.1 Å². The average molecular weight is 281 g/mol. The van der Waals surface area contributed by atoms with Crippen molar-refractivity contribution in [1.29, 1.82) is 0 Å². The molecule has 1 amide bonds. The van der Waals surface area contributed by atoms with E-state index in [4.69, 9.17) is 5.73 Å². The summed E-state index contributed by atoms with van der Waals surface area (Å²) in [5, 5.41) is 8.31. The van der Waals surface area contributed by atoms with Gasteiger partial charge in [0.15, 0.2) is 0 Å². The number of hydrogen-bond acceptors (Lipinski definition) is 4. The zero-order chi connectivity index (χ0) is 15.1. The number of aromatic nitrogens is 3. The van der Waals surface area contributed by atoms with Crippen LogP contribution < -0.4 is 5.73 Å². The number of amides is 1. The van der Waals surface area contributed by atoms with Gasteiger partial charge in [-0.25, -0.2) is 4.68 Å². The second kappa shape index (κ2) is 7.99. The largest absolute Gasteiger partial charge is 0.369 e. The number of primary amides is 1. The van der Waals surface area contributed by atoms with Gasteiger partial charge in [-0.2, -0.15) is 0 Å². The Morgan fingerprint density at radius 2 is 2.10 bits per heavy atom. The van der Waals surface area contributed by atoms with Gasteiger partial charge in [-0.1, -0.05) is 19.1 Å². The minimum absolute atomic E-state index is 0.182. The van der Waals surface area contributed by atoms with Gasteiger partial charge in [0.05, 0.1) is 17.8 Å². The molecule has 0 atom stereocenters. The lowest BCUT2D eigenvalue weighted by molar-refractivity contribution is -0.117. The lowest BCUT2D eigenvalue weighted by Gasteiger charge is -2.11. The molecular formula is C14H27N5O. The number of hydrogen-bond donors (Lipinski definition) is 1. The minimum Gasteiger partial charge on any atom is -0.369 e. The summed E-state index contributed by atoms with van der Waals surface area (Å²) in [5.41, 5.74) is 7.08. The van der Waals surface area contributed by atoms with Gasteiger partial charge in [-0.3, -0.25) is 4.79 Å². The Hall–Kier alpha value is -1.43. The number of nitrogens with two attached hydrogens (primary N) is 1. The van der Waals surface area contributed by atoms with Gasteiger partial charge in [0, 0.05) is 6.54 Å². The lowest BCUT2D eigenvalue weighted by Crippen LogP contribution is -2.18. The zero-order valence-corrected chi connectivity index (χ0v) is 13.1. The van der Waals surface area contributed by atoms with Crippen LogP contribution in [0.25, 0.3) is 0 Å². The molecule has 20 heavy (non-hydrogen) atoms. The Balaban J connectivity index is 2.75. The molecular weight excluding hydrogens is 254 g/mol. The third kappa shape index (κ3) is 5.69. The van der Waals surface area contributed by atoms with Crippen LogP contribution in [0, 0.1) is 5.92 Å². The molecule has 0 aliphatic carbocycles. The van der Waals surface area contributed by atoms with Crippen LogP contribution in [-0.4, -0.2) is 46.4 Å². The van der Waals surface area contributed by atoms with E-state index >= 15 is 0 Å². The van der Waals surface area contributed by atoms with Gasteiger partial charge in [-0.05, 0) is 45.8 Å². The Morgan fingerprint density at radius 3 is 2.65 bits per heavy atom. The summed E-state index contributed by atoms with van der Waals surface area (Å²) in [6.45, 7) is 6.22. The number of rotatable bonds is 9. The van der Waals surface area contributed by atoms with E-state index in [0.29, 0.717) is 5.92 Å². The first-order valence-electron chi connectivity index (χ1n) is 7.24. The van der Waals surface area contributed by atoms with E-state index in [1.807, 2.05) is 4.68 Å². The highest BCUT2D eigenvalue weighted by Crippen LogP contribution is 2.13. The number of aryl methyl sites for hydroxylation is 1. The van der Waals surface area contributed by atoms with Gasteiger partial charge in [0.1, 0.15) is 0 Å². The van der Waals surface area contributed by atoms with E-state index in [0.717, 1.165) is 43.7 Å². The summed E-state index contributed by atoms with van der Waals surface area (Å²) < 4.78 is 1.93. The van der Waals surface area contributed by atoms with Crippen molar-refractivity contribution in [2.45, 2.75) is 46.1 Å². The van der Waals surface area contributed by atoms with E-state index in [-0.39, 0.29) is 12.3 Å². The normalized spacial score (nSPS) is 11.5. The Kier molecular flexibility index (Phi) is 6.64. The molecule has 0 spiro atoms. The fourth-order valence-corrected chi connectivity index (χ4v) is 2.09. The first-order chi connectivity index (χ1) is 9.40. The molecule has 2 N–H and O–H groups in total. The highest BCUT2D eigenvalue weighted by Gasteiger charge is 2.15. The first kappa shape index (κ1) is 16.6. The maximum atomic E-state index is 11.1. The van der Waals surface area contributed by atoms with Gasteiger partial charge in [0.2, 0.25) is 5.91 Å². The van der Waals surface area contributed by atoms with E-state index in [1.54, 1.807) is 0 Å². The second-order valence-electron chi connectivity index (χ2n) is 5.94. The molecule has 0 saturated heterocycles. The third-order valence-corrected chi connectivity index (χ3v) is 3.19. The molecule has 6 heteroatoms.